The van der Waals surface area contributed by atoms with E-state index in [9.17, 15) is 15.0 Å². The summed E-state index contributed by atoms with van der Waals surface area (Å²) in [5, 5.41) is 26.1. The maximum absolute atomic E-state index is 12.7. The van der Waals surface area contributed by atoms with Gasteiger partial charge in [-0.05, 0) is 65.7 Å². The molecule has 7 nitrogen and oxygen atoms in total. The SMILES string of the molecule is Cc1csc(/C(=C\c2ccc(Br)s2)c2ncc(CCNC(=O)[C@H]3C[C@@H]4C[C@H]3[C@@H](O)[C@H]4O)n2C)n1. The predicted molar refractivity (Wildman–Crippen MR) is 137 cm³/mol. The van der Waals surface area contributed by atoms with Gasteiger partial charge in [0.25, 0.3) is 0 Å². The van der Waals surface area contributed by atoms with Crippen LogP contribution in [0.2, 0.25) is 0 Å². The van der Waals surface area contributed by atoms with Crippen LogP contribution in [-0.4, -0.2) is 49.4 Å². The number of nitrogens with one attached hydrogen (secondary N) is 1. The number of imidazole rings is 1. The number of carbonyl (C=O) groups excluding carboxylic acids is 1. The third-order valence-corrected chi connectivity index (χ3v) is 9.56. The number of rotatable bonds is 7. The fraction of sp³-hybridized carbons (Fsp3) is 0.458. The van der Waals surface area contributed by atoms with Crippen molar-refractivity contribution in [3.63, 3.8) is 0 Å². The minimum atomic E-state index is -0.780. The maximum atomic E-state index is 12.7. The summed E-state index contributed by atoms with van der Waals surface area (Å²) in [5.41, 5.74) is 2.97. The molecule has 0 radical (unpaired) electrons. The molecule has 0 aromatic carbocycles. The quantitative estimate of drug-likeness (QED) is 0.408. The summed E-state index contributed by atoms with van der Waals surface area (Å²) in [6.45, 7) is 2.49. The molecular weight excluding hydrogens is 536 g/mol. The Morgan fingerprint density at radius 3 is 2.79 bits per heavy atom. The zero-order chi connectivity index (χ0) is 24.0. The van der Waals surface area contributed by atoms with E-state index in [0.717, 1.165) is 42.9 Å². The number of aliphatic hydroxyl groups is 2. The van der Waals surface area contributed by atoms with Crippen LogP contribution in [0.5, 0.6) is 0 Å². The molecule has 2 bridgehead atoms. The van der Waals surface area contributed by atoms with Crippen molar-refractivity contribution < 1.29 is 15.0 Å². The summed E-state index contributed by atoms with van der Waals surface area (Å²) < 4.78 is 3.14. The van der Waals surface area contributed by atoms with Gasteiger partial charge in [-0.3, -0.25) is 4.79 Å². The van der Waals surface area contributed by atoms with Gasteiger partial charge in [0.1, 0.15) is 10.8 Å². The molecule has 3 heterocycles. The van der Waals surface area contributed by atoms with Gasteiger partial charge >= 0.3 is 0 Å². The largest absolute Gasteiger partial charge is 0.390 e. The molecule has 10 heteroatoms. The van der Waals surface area contributed by atoms with E-state index in [1.54, 1.807) is 22.7 Å². The molecule has 2 saturated carbocycles. The summed E-state index contributed by atoms with van der Waals surface area (Å²) in [6.07, 6.45) is 4.56. The van der Waals surface area contributed by atoms with Gasteiger partial charge in [-0.25, -0.2) is 9.97 Å². The highest BCUT2D eigenvalue weighted by molar-refractivity contribution is 9.11. The van der Waals surface area contributed by atoms with Gasteiger partial charge in [-0.1, -0.05) is 0 Å². The first-order valence-electron chi connectivity index (χ1n) is 11.4. The lowest BCUT2D eigenvalue weighted by molar-refractivity contribution is -0.130. The minimum absolute atomic E-state index is 0.0250. The van der Waals surface area contributed by atoms with Crippen molar-refractivity contribution in [1.82, 2.24) is 19.9 Å². The molecular formula is C24H27BrN4O3S2. The molecule has 34 heavy (non-hydrogen) atoms. The molecule has 180 valence electrons. The Kier molecular flexibility index (Phi) is 6.78. The second kappa shape index (κ2) is 9.66. The third kappa shape index (κ3) is 4.54. The van der Waals surface area contributed by atoms with E-state index in [1.807, 2.05) is 31.6 Å². The van der Waals surface area contributed by atoms with Crippen LogP contribution in [-0.2, 0) is 18.3 Å². The summed E-state index contributed by atoms with van der Waals surface area (Å²) in [6, 6.07) is 4.10. The van der Waals surface area contributed by atoms with Gasteiger partial charge in [0.15, 0.2) is 0 Å². The molecule has 3 aromatic heterocycles. The van der Waals surface area contributed by atoms with E-state index in [2.05, 4.69) is 38.0 Å². The van der Waals surface area contributed by atoms with Gasteiger partial charge in [0, 0.05) is 53.8 Å². The highest BCUT2D eigenvalue weighted by Crippen LogP contribution is 2.48. The Bertz CT molecular complexity index is 1230. The molecule has 0 unspecified atom stereocenters. The number of carbonyl (C=O) groups is 1. The zero-order valence-corrected chi connectivity index (χ0v) is 22.2. The van der Waals surface area contributed by atoms with Crippen molar-refractivity contribution >= 4 is 56.2 Å². The number of nitrogens with zero attached hydrogens (tertiary/aromatic N) is 3. The number of thiophene rings is 1. The highest BCUT2D eigenvalue weighted by Gasteiger charge is 2.53. The van der Waals surface area contributed by atoms with Gasteiger partial charge in [0.05, 0.1) is 21.6 Å². The number of aromatic nitrogens is 3. The van der Waals surface area contributed by atoms with Crippen LogP contribution in [0.1, 0.15) is 39.9 Å². The van der Waals surface area contributed by atoms with E-state index in [-0.39, 0.29) is 23.7 Å². The van der Waals surface area contributed by atoms with E-state index in [1.165, 1.54) is 0 Å². The summed E-state index contributed by atoms with van der Waals surface area (Å²) in [5.74, 6) is 0.515. The number of hydrogen-bond donors (Lipinski definition) is 3. The molecule has 3 N–H and O–H groups in total. The van der Waals surface area contributed by atoms with Crippen molar-refractivity contribution in [2.75, 3.05) is 6.54 Å². The van der Waals surface area contributed by atoms with E-state index in [4.69, 9.17) is 9.97 Å². The first kappa shape index (κ1) is 23.9. The van der Waals surface area contributed by atoms with Crippen LogP contribution in [0.3, 0.4) is 0 Å². The van der Waals surface area contributed by atoms with E-state index < -0.39 is 12.2 Å². The molecule has 0 saturated heterocycles. The fourth-order valence-electron chi connectivity index (χ4n) is 5.22. The van der Waals surface area contributed by atoms with Crippen LogP contribution in [0.15, 0.2) is 27.5 Å². The fourth-order valence-corrected chi connectivity index (χ4v) is 7.40. The average molecular weight is 564 g/mol. The number of hydrogen-bond acceptors (Lipinski definition) is 7. The molecule has 2 fully saturated rings. The molecule has 5 atom stereocenters. The van der Waals surface area contributed by atoms with Crippen molar-refractivity contribution in [2.45, 2.75) is 38.4 Å². The zero-order valence-electron chi connectivity index (χ0n) is 18.9. The minimum Gasteiger partial charge on any atom is -0.390 e. The second-order valence-electron chi connectivity index (χ2n) is 9.15. The van der Waals surface area contributed by atoms with Crippen LogP contribution in [0, 0.1) is 24.7 Å². The van der Waals surface area contributed by atoms with Gasteiger partial charge in [-0.2, -0.15) is 0 Å². The lowest BCUT2D eigenvalue weighted by Gasteiger charge is -2.28. The van der Waals surface area contributed by atoms with Gasteiger partial charge < -0.3 is 20.1 Å². The van der Waals surface area contributed by atoms with E-state index >= 15 is 0 Å². The molecule has 5 rings (SSSR count). The average Bonchev–Trinajstić information content (AvgIpc) is 3.61. The Hall–Kier alpha value is -1.85. The van der Waals surface area contributed by atoms with Crippen molar-refractivity contribution in [3.8, 4) is 0 Å². The van der Waals surface area contributed by atoms with Crippen molar-refractivity contribution in [2.24, 2.45) is 24.8 Å². The molecule has 0 aliphatic heterocycles. The Morgan fingerprint density at radius 1 is 1.32 bits per heavy atom. The number of halogens is 1. The Balaban J connectivity index is 1.28. The number of aryl methyl sites for hydroxylation is 1. The summed E-state index contributed by atoms with van der Waals surface area (Å²) in [4.78, 5) is 23.2. The van der Waals surface area contributed by atoms with Gasteiger partial charge in [0.2, 0.25) is 5.91 Å². The van der Waals surface area contributed by atoms with Crippen molar-refractivity contribution in [1.29, 1.82) is 0 Å². The summed E-state index contributed by atoms with van der Waals surface area (Å²) in [7, 11) is 1.99. The first-order valence-corrected chi connectivity index (χ1v) is 13.8. The lowest BCUT2D eigenvalue weighted by Crippen LogP contribution is -2.43. The van der Waals surface area contributed by atoms with Crippen molar-refractivity contribution in [3.05, 3.63) is 54.6 Å². The van der Waals surface area contributed by atoms with Gasteiger partial charge in [-0.15, -0.1) is 22.7 Å². The lowest BCUT2D eigenvalue weighted by atomic mass is 9.84. The molecule has 1 amide bonds. The Morgan fingerprint density at radius 2 is 2.15 bits per heavy atom. The topological polar surface area (TPSA) is 100 Å². The van der Waals surface area contributed by atoms with Crippen LogP contribution in [0.4, 0.5) is 0 Å². The first-order chi connectivity index (χ1) is 16.3. The number of aliphatic hydroxyl groups excluding tert-OH is 2. The number of amides is 1. The van der Waals surface area contributed by atoms with Crippen LogP contribution < -0.4 is 5.32 Å². The van der Waals surface area contributed by atoms with Crippen LogP contribution in [0.25, 0.3) is 11.6 Å². The molecule has 0 spiro atoms. The highest BCUT2D eigenvalue weighted by atomic mass is 79.9. The van der Waals surface area contributed by atoms with E-state index in [0.29, 0.717) is 19.4 Å². The monoisotopic (exact) mass is 562 g/mol. The van der Waals surface area contributed by atoms with Crippen LogP contribution >= 0.6 is 38.6 Å². The third-order valence-electron chi connectivity index (χ3n) is 6.99. The molecule has 2 aliphatic rings. The second-order valence-corrected chi connectivity index (χ2v) is 12.5. The molecule has 3 aromatic rings. The predicted octanol–water partition coefficient (Wildman–Crippen LogP) is 3.63. The maximum Gasteiger partial charge on any atom is 0.223 e. The normalized spacial score (nSPS) is 26.4. The number of fused-ring (bicyclic) bond motifs is 2. The smallest absolute Gasteiger partial charge is 0.223 e. The standard InChI is InChI=1S/C24H27BrN4O3S2/c1-12-11-33-24(28-12)18(9-15-3-4-19(25)34-15)22-27-10-14(29(22)2)5-6-26-23(32)17-8-13-7-16(17)21(31)20(13)30/h3-4,9-11,13,16-17,20-21,30-31H,5-8H2,1-2H3,(H,26,32)/b18-9-/t13-,16+,17-,20-,21+/m0/s1. The molecule has 2 aliphatic carbocycles. The Labute approximate surface area is 214 Å². The summed E-state index contributed by atoms with van der Waals surface area (Å²) >= 11 is 6.79. The number of thiazole rings is 1.